The van der Waals surface area contributed by atoms with Crippen molar-refractivity contribution in [3.63, 3.8) is 0 Å². The molecule has 4 aromatic carbocycles. The quantitative estimate of drug-likeness (QED) is 0.0655. The maximum Gasteiger partial charge on any atom is 2.00 e. The molecule has 8 aromatic heterocycles. The van der Waals surface area contributed by atoms with Crippen molar-refractivity contribution in [3.05, 3.63) is 155 Å². The summed E-state index contributed by atoms with van der Waals surface area (Å²) in [5, 5.41) is 6.11. The minimum absolute atomic E-state index is 0. The monoisotopic (exact) mass is 1140 g/mol. The Bertz CT molecular complexity index is 4520. The van der Waals surface area contributed by atoms with Crippen LogP contribution in [0.3, 0.4) is 0 Å². The first kappa shape index (κ1) is 53.5. The molecule has 2 aliphatic heterocycles. The average Bonchev–Trinajstić information content (AvgIpc) is 2.92. The van der Waals surface area contributed by atoms with Crippen molar-refractivity contribution in [2.75, 3.05) is 0 Å². The van der Waals surface area contributed by atoms with Crippen LogP contribution in [0.2, 0.25) is 0 Å². The van der Waals surface area contributed by atoms with Gasteiger partial charge in [-0.15, -0.1) is 44.1 Å². The van der Waals surface area contributed by atoms with Gasteiger partial charge in [0.25, 0.3) is 0 Å². The minimum Gasteiger partial charge on any atom is -0.657 e. The molecule has 0 aliphatic carbocycles. The Kier molecular flexibility index (Phi) is 15.3. The molecule has 80 heavy (non-hydrogen) atoms. The summed E-state index contributed by atoms with van der Waals surface area (Å²) >= 11 is 0. The molecular weight excluding hydrogens is 1080 g/mol. The van der Waals surface area contributed by atoms with E-state index in [-0.39, 0.29) is 39.0 Å². The number of rotatable bonds is 17. The summed E-state index contributed by atoms with van der Waals surface area (Å²) in [6.07, 6.45) is 25.1. The standard InChI is InChI=1S/C70H62N8.2Zn/c1-4-7-10-19-26-46-53-33-35-55(73-53)47(27-20-11-8-5-2)59-38-49-51-40-61-63(42-22-15-13-16-23-42)57-31-29-44(71-57)37-45-30-32-58(72-45)64(43-24-17-14-18-25-43)62-41-52-50-39-60(48(28-21-12-9-6-3)56-36-34-54(46)74-56)76-68(50)65(67(49)75-59)66(69(51)77-61)70(52)78-62;;/h13-18,22-25,29-41H,4-12,19-21,26-28H2,1-3H3;;/q-4;2*+2. The normalized spacial score (nSPS) is 12.4. The first-order chi connectivity index (χ1) is 38.5. The van der Waals surface area contributed by atoms with E-state index in [9.17, 15) is 0 Å². The Morgan fingerprint density at radius 3 is 1.50 bits per heavy atom. The predicted molar refractivity (Wildman–Crippen MR) is 327 cm³/mol. The summed E-state index contributed by atoms with van der Waals surface area (Å²) < 4.78 is 0. The molecule has 16 bridgehead atoms. The summed E-state index contributed by atoms with van der Waals surface area (Å²) in [5.41, 5.74) is 22.2. The SMILES string of the molecule is CCCCCCc1c2nc(c(CCCCCC)c3cc4c5cc6nc5c5c7[n-]c(cc7c7cc(nc7c5c4[n-]3)c(CCCCCC)c3ccc1[n-]3)c(-c1ccccc1)c1nc(cc3ccc([n-]3)c6-c3ccccc3)C=C1)C=C2.[Zn+2].[Zn+2]. The number of hydrogen-bond acceptors (Lipinski definition) is 4. The fourth-order valence-electron chi connectivity index (χ4n) is 12.7. The molecule has 0 unspecified atom stereocenters. The van der Waals surface area contributed by atoms with Crippen LogP contribution in [0.5, 0.6) is 0 Å². The number of fused-ring (bicyclic) bond motifs is 14. The smallest absolute Gasteiger partial charge is 0.657 e. The molecule has 12 aromatic rings. The Hall–Kier alpha value is -7.11. The molecule has 0 saturated heterocycles. The number of aryl methyl sites for hydroxylation is 3. The van der Waals surface area contributed by atoms with Crippen LogP contribution in [0.15, 0.2) is 115 Å². The number of unbranched alkanes of at least 4 members (excludes halogenated alkanes) is 9. The van der Waals surface area contributed by atoms with Gasteiger partial charge in [-0.1, -0.05) is 182 Å². The van der Waals surface area contributed by atoms with E-state index in [0.717, 1.165) is 195 Å². The van der Waals surface area contributed by atoms with Gasteiger partial charge in [-0.2, -0.15) is 0 Å². The van der Waals surface area contributed by atoms with Gasteiger partial charge < -0.3 is 19.9 Å². The molecular formula is C70H62N8Zn2. The second kappa shape index (κ2) is 22.8. The maximum absolute atomic E-state index is 5.89. The molecule has 10 heteroatoms. The molecule has 0 N–H and O–H groups in total. The van der Waals surface area contributed by atoms with Gasteiger partial charge in [0.05, 0.1) is 44.8 Å². The van der Waals surface area contributed by atoms with Crippen LogP contribution in [0.1, 0.15) is 137 Å². The average molecular weight is 1150 g/mol. The van der Waals surface area contributed by atoms with Crippen molar-refractivity contribution in [1.29, 1.82) is 0 Å². The first-order valence-corrected chi connectivity index (χ1v) is 28.9. The Morgan fingerprint density at radius 1 is 0.362 bits per heavy atom. The van der Waals surface area contributed by atoms with Crippen LogP contribution < -0.4 is 19.9 Å². The second-order valence-corrected chi connectivity index (χ2v) is 21.8. The summed E-state index contributed by atoms with van der Waals surface area (Å²) in [6, 6.07) is 41.2. The van der Waals surface area contributed by atoms with Crippen LogP contribution >= 0.6 is 0 Å². The molecule has 2 aliphatic rings. The maximum atomic E-state index is 5.89. The summed E-state index contributed by atoms with van der Waals surface area (Å²) in [6.45, 7) is 6.84. The van der Waals surface area contributed by atoms with E-state index >= 15 is 0 Å². The fourth-order valence-corrected chi connectivity index (χ4v) is 12.7. The van der Waals surface area contributed by atoms with Gasteiger partial charge in [0.1, 0.15) is 0 Å². The van der Waals surface area contributed by atoms with Crippen molar-refractivity contribution < 1.29 is 39.0 Å². The summed E-state index contributed by atoms with van der Waals surface area (Å²) in [5.74, 6) is 0. The van der Waals surface area contributed by atoms with Crippen LogP contribution in [-0.4, -0.2) is 19.9 Å². The van der Waals surface area contributed by atoms with E-state index in [2.05, 4.69) is 160 Å². The van der Waals surface area contributed by atoms with Gasteiger partial charge in [0, 0.05) is 10.8 Å². The van der Waals surface area contributed by atoms with Crippen molar-refractivity contribution in [2.45, 2.75) is 117 Å². The van der Waals surface area contributed by atoms with Crippen molar-refractivity contribution >= 4 is 123 Å². The minimum atomic E-state index is 0. The van der Waals surface area contributed by atoms with E-state index in [1.54, 1.807) is 0 Å². The Morgan fingerprint density at radius 2 is 0.875 bits per heavy atom. The molecule has 8 nitrogen and oxygen atoms in total. The van der Waals surface area contributed by atoms with E-state index < -0.39 is 0 Å². The summed E-state index contributed by atoms with van der Waals surface area (Å²) in [4.78, 5) is 45.3. The molecule has 0 atom stereocenters. The van der Waals surface area contributed by atoms with Crippen molar-refractivity contribution in [2.24, 2.45) is 0 Å². The van der Waals surface area contributed by atoms with Gasteiger partial charge in [0.15, 0.2) is 0 Å². The summed E-state index contributed by atoms with van der Waals surface area (Å²) in [7, 11) is 0. The van der Waals surface area contributed by atoms with Gasteiger partial charge >= 0.3 is 39.0 Å². The number of aromatic nitrogens is 8. The fraction of sp³-hybridized carbons (Fsp3) is 0.257. The van der Waals surface area contributed by atoms with Crippen LogP contribution in [0.4, 0.5) is 0 Å². The first-order valence-electron chi connectivity index (χ1n) is 28.9. The molecule has 0 saturated carbocycles. The zero-order valence-corrected chi connectivity index (χ0v) is 52.3. The Labute approximate surface area is 492 Å². The van der Waals surface area contributed by atoms with Gasteiger partial charge in [-0.25, -0.2) is 19.9 Å². The molecule has 386 valence electrons. The molecule has 0 spiro atoms. The second-order valence-electron chi connectivity index (χ2n) is 21.8. The van der Waals surface area contributed by atoms with E-state index in [1.165, 1.54) is 61.6 Å². The van der Waals surface area contributed by atoms with E-state index in [0.29, 0.717) is 0 Å². The number of hydrogen-bond donors (Lipinski definition) is 0. The third-order valence-electron chi connectivity index (χ3n) is 16.6. The molecule has 10 heterocycles. The van der Waals surface area contributed by atoms with Gasteiger partial charge in [-0.3, -0.25) is 0 Å². The zero-order valence-electron chi connectivity index (χ0n) is 46.4. The number of nitrogens with zero attached hydrogens (tertiary/aromatic N) is 8. The molecule has 0 amide bonds. The predicted octanol–water partition coefficient (Wildman–Crippen LogP) is 17.8. The zero-order chi connectivity index (χ0) is 52.3. The van der Waals surface area contributed by atoms with E-state index in [4.69, 9.17) is 39.9 Å². The van der Waals surface area contributed by atoms with Crippen LogP contribution in [0, 0.1) is 0 Å². The topological polar surface area (TPSA) is 108 Å². The third-order valence-corrected chi connectivity index (χ3v) is 16.6. The molecule has 0 radical (unpaired) electrons. The van der Waals surface area contributed by atoms with Gasteiger partial charge in [0.2, 0.25) is 0 Å². The third kappa shape index (κ3) is 9.50. The largest absolute Gasteiger partial charge is 2.00 e. The van der Waals surface area contributed by atoms with Crippen LogP contribution in [-0.2, 0) is 58.2 Å². The van der Waals surface area contributed by atoms with Crippen molar-refractivity contribution in [1.82, 2.24) is 39.9 Å². The van der Waals surface area contributed by atoms with Crippen molar-refractivity contribution in [3.8, 4) is 22.3 Å². The van der Waals surface area contributed by atoms with Gasteiger partial charge in [-0.05, 0) is 135 Å². The number of benzene rings is 4. The van der Waals surface area contributed by atoms with E-state index in [1.807, 2.05) is 0 Å². The molecule has 0 fully saturated rings. The Balaban J connectivity index is 0.00000318. The van der Waals surface area contributed by atoms with Crippen LogP contribution in [0.25, 0.3) is 145 Å². The molecule has 14 rings (SSSR count).